The summed E-state index contributed by atoms with van der Waals surface area (Å²) in [5.41, 5.74) is -0.446. The molecule has 16 heteroatoms. The van der Waals surface area contributed by atoms with Crippen LogP contribution in [0.2, 0.25) is 0 Å². The molecule has 0 aliphatic carbocycles. The molecule has 3 aliphatic heterocycles. The Labute approximate surface area is 328 Å². The highest BCUT2D eigenvalue weighted by molar-refractivity contribution is 6.07. The second-order valence-corrected chi connectivity index (χ2v) is 14.0. The van der Waals surface area contributed by atoms with Gasteiger partial charge >= 0.3 is 6.18 Å². The molecule has 57 heavy (non-hydrogen) atoms. The third kappa shape index (κ3) is 8.85. The van der Waals surface area contributed by atoms with E-state index in [-0.39, 0.29) is 35.7 Å². The molecule has 0 spiro atoms. The quantitative estimate of drug-likeness (QED) is 0.187. The molecule has 0 bridgehead atoms. The molecule has 2 saturated heterocycles. The van der Waals surface area contributed by atoms with Crippen LogP contribution in [0.25, 0.3) is 5.69 Å². The van der Waals surface area contributed by atoms with Gasteiger partial charge in [0.05, 0.1) is 36.6 Å². The number of halogens is 4. The van der Waals surface area contributed by atoms with Crippen molar-refractivity contribution in [3.05, 3.63) is 113 Å². The van der Waals surface area contributed by atoms with Gasteiger partial charge in [0.25, 0.3) is 17.7 Å². The normalized spacial score (nSPS) is 18.8. The van der Waals surface area contributed by atoms with Crippen LogP contribution in [0.3, 0.4) is 0 Å². The number of alkyl halides is 3. The third-order valence-electron chi connectivity index (χ3n) is 10.5. The first-order valence-corrected chi connectivity index (χ1v) is 18.8. The van der Waals surface area contributed by atoms with Crippen molar-refractivity contribution >= 4 is 23.5 Å². The topological polar surface area (TPSA) is 127 Å². The number of carbonyl (C=O) groups is 3. The monoisotopic (exact) mass is 788 g/mol. The summed E-state index contributed by atoms with van der Waals surface area (Å²) in [5, 5.41) is 16.5. The summed E-state index contributed by atoms with van der Waals surface area (Å²) >= 11 is 0. The van der Waals surface area contributed by atoms with Crippen molar-refractivity contribution in [2.75, 3.05) is 71.0 Å². The first-order chi connectivity index (χ1) is 27.4. The molecular weight excluding hydrogens is 744 g/mol. The number of carbonyl (C=O) groups excluding carboxylic acids is 3. The standard InChI is InChI=1S/C32H26F4N6O3.C9H18N2O/c1-3-41-29-25(27(30(44)40(2)17-16-37)39-42(29)23-10-5-4-6-11-23)24(19-12-14-22(33)15-13-19)26(31(41)45)38-28(43)20-8-7-9-21(18-20)32(34,35)36;1-2-10-3-5-11(6-4-10)9-7-12-8-9/h4-15,18,24,26H,3,17H2,1-2H3,(H,38,43);9H,2-8H2,1H3. The Bertz CT molecular complexity index is 2090. The fourth-order valence-corrected chi connectivity index (χ4v) is 7.23. The zero-order chi connectivity index (χ0) is 40.9. The van der Waals surface area contributed by atoms with Crippen LogP contribution in [0.1, 0.15) is 57.3 Å². The summed E-state index contributed by atoms with van der Waals surface area (Å²) in [4.78, 5) is 49.0. The summed E-state index contributed by atoms with van der Waals surface area (Å²) in [5.74, 6) is -3.72. The van der Waals surface area contributed by atoms with Gasteiger partial charge in [-0.05, 0) is 61.5 Å². The highest BCUT2D eigenvalue weighted by atomic mass is 19.4. The summed E-state index contributed by atoms with van der Waals surface area (Å²) < 4.78 is 61.0. The molecule has 1 N–H and O–H groups in total. The number of anilines is 1. The van der Waals surface area contributed by atoms with E-state index < -0.39 is 47.2 Å². The third-order valence-corrected chi connectivity index (χ3v) is 10.5. The highest BCUT2D eigenvalue weighted by Gasteiger charge is 2.47. The van der Waals surface area contributed by atoms with E-state index in [4.69, 9.17) is 4.74 Å². The number of nitrogens with zero attached hydrogens (tertiary/aromatic N) is 7. The molecule has 3 aliphatic rings. The molecular formula is C41H44F4N8O4. The van der Waals surface area contributed by atoms with Crippen LogP contribution < -0.4 is 10.2 Å². The second kappa shape index (κ2) is 17.7. The zero-order valence-electron chi connectivity index (χ0n) is 31.9. The Morgan fingerprint density at radius 2 is 1.65 bits per heavy atom. The van der Waals surface area contributed by atoms with Crippen LogP contribution in [0.15, 0.2) is 78.9 Å². The van der Waals surface area contributed by atoms with Crippen LogP contribution in [-0.2, 0) is 15.7 Å². The summed E-state index contributed by atoms with van der Waals surface area (Å²) in [6.07, 6.45) is -4.71. The number of ether oxygens (including phenoxy) is 1. The van der Waals surface area contributed by atoms with Gasteiger partial charge in [-0.3, -0.25) is 24.2 Å². The largest absolute Gasteiger partial charge is 0.416 e. The van der Waals surface area contributed by atoms with Crippen molar-refractivity contribution in [1.29, 1.82) is 5.26 Å². The Balaban J connectivity index is 0.000000387. The zero-order valence-corrected chi connectivity index (χ0v) is 31.9. The molecule has 2 atom stereocenters. The van der Waals surface area contributed by atoms with Gasteiger partial charge in [0.1, 0.15) is 24.2 Å². The first kappa shape index (κ1) is 41.0. The molecule has 3 amide bonds. The number of para-hydroxylation sites is 1. The van der Waals surface area contributed by atoms with Gasteiger partial charge in [0, 0.05) is 56.8 Å². The lowest BCUT2D eigenvalue weighted by molar-refractivity contribution is -0.137. The van der Waals surface area contributed by atoms with Crippen molar-refractivity contribution in [2.24, 2.45) is 0 Å². The van der Waals surface area contributed by atoms with Gasteiger partial charge in [0.2, 0.25) is 0 Å². The van der Waals surface area contributed by atoms with Gasteiger partial charge in [-0.1, -0.05) is 43.3 Å². The van der Waals surface area contributed by atoms with Crippen LogP contribution in [-0.4, -0.2) is 120 Å². The van der Waals surface area contributed by atoms with E-state index in [1.165, 1.54) is 67.6 Å². The number of hydrogen-bond donors (Lipinski definition) is 1. The van der Waals surface area contributed by atoms with E-state index in [1.54, 1.807) is 37.3 Å². The second-order valence-electron chi connectivity index (χ2n) is 14.0. The summed E-state index contributed by atoms with van der Waals surface area (Å²) in [6, 6.07) is 18.8. The number of rotatable bonds is 9. The minimum absolute atomic E-state index is 0.0676. The lowest BCUT2D eigenvalue weighted by Gasteiger charge is -2.42. The number of nitriles is 1. The van der Waals surface area contributed by atoms with Gasteiger partial charge in [-0.2, -0.15) is 23.5 Å². The van der Waals surface area contributed by atoms with Crippen LogP contribution in [0, 0.1) is 17.1 Å². The fourth-order valence-electron chi connectivity index (χ4n) is 7.23. The molecule has 2 fully saturated rings. The maximum Gasteiger partial charge on any atom is 0.416 e. The average Bonchev–Trinajstić information content (AvgIpc) is 3.58. The maximum absolute atomic E-state index is 14.2. The first-order valence-electron chi connectivity index (χ1n) is 18.8. The van der Waals surface area contributed by atoms with E-state index >= 15 is 0 Å². The number of amides is 3. The lowest BCUT2D eigenvalue weighted by Crippen LogP contribution is -2.56. The molecule has 0 radical (unpaired) electrons. The number of piperazine rings is 1. The molecule has 1 aromatic heterocycles. The molecule has 4 heterocycles. The van der Waals surface area contributed by atoms with Crippen LogP contribution >= 0.6 is 0 Å². The molecule has 0 saturated carbocycles. The number of benzene rings is 3. The molecule has 2 unspecified atom stereocenters. The van der Waals surface area contributed by atoms with E-state index in [0.717, 1.165) is 48.4 Å². The Kier molecular flexibility index (Phi) is 12.7. The van der Waals surface area contributed by atoms with E-state index in [9.17, 15) is 37.2 Å². The summed E-state index contributed by atoms with van der Waals surface area (Å²) in [7, 11) is 1.41. The van der Waals surface area contributed by atoms with E-state index in [1.807, 2.05) is 6.07 Å². The number of nitrogens with one attached hydrogen (secondary N) is 1. The van der Waals surface area contributed by atoms with Crippen molar-refractivity contribution in [2.45, 2.75) is 38.0 Å². The van der Waals surface area contributed by atoms with E-state index in [2.05, 4.69) is 27.1 Å². The smallest absolute Gasteiger partial charge is 0.378 e. The highest BCUT2D eigenvalue weighted by Crippen LogP contribution is 2.44. The molecule has 7 rings (SSSR count). The van der Waals surface area contributed by atoms with E-state index in [0.29, 0.717) is 17.3 Å². The van der Waals surface area contributed by atoms with Crippen molar-refractivity contribution in [3.8, 4) is 11.8 Å². The van der Waals surface area contributed by atoms with Crippen molar-refractivity contribution in [1.82, 2.24) is 29.8 Å². The van der Waals surface area contributed by atoms with Crippen LogP contribution in [0.4, 0.5) is 23.4 Å². The molecule has 300 valence electrons. The van der Waals surface area contributed by atoms with Gasteiger partial charge < -0.3 is 19.9 Å². The molecule has 3 aromatic carbocycles. The Hall–Kier alpha value is -5.63. The molecule has 4 aromatic rings. The number of likely N-dealkylation sites (N-methyl/N-ethyl adjacent to an activating group) is 2. The van der Waals surface area contributed by atoms with Gasteiger partial charge in [-0.15, -0.1) is 0 Å². The van der Waals surface area contributed by atoms with Crippen LogP contribution in [0.5, 0.6) is 0 Å². The lowest BCUT2D eigenvalue weighted by atomic mass is 9.80. The SMILES string of the molecule is CCN1C(=O)C(NC(=O)c2cccc(C(F)(F)F)c2)C(c2ccc(F)cc2)c2c(C(=O)N(C)CC#N)nn(-c3ccccc3)c21.CCN1CCN(C2COC2)CC1. The van der Waals surface area contributed by atoms with Crippen molar-refractivity contribution < 1.29 is 36.7 Å². The van der Waals surface area contributed by atoms with Gasteiger partial charge in [-0.25, -0.2) is 9.07 Å². The number of aromatic nitrogens is 2. The number of fused-ring (bicyclic) bond motifs is 1. The number of hydrogen-bond acceptors (Lipinski definition) is 8. The minimum atomic E-state index is -4.71. The maximum atomic E-state index is 14.2. The predicted molar refractivity (Wildman–Crippen MR) is 203 cm³/mol. The Morgan fingerprint density at radius 1 is 0.965 bits per heavy atom. The van der Waals surface area contributed by atoms with Crippen molar-refractivity contribution in [3.63, 3.8) is 0 Å². The summed E-state index contributed by atoms with van der Waals surface area (Å²) in [6.45, 7) is 11.8. The fraction of sp³-hybridized carbons (Fsp3) is 0.390. The predicted octanol–water partition coefficient (Wildman–Crippen LogP) is 4.95. The molecule has 12 nitrogen and oxygen atoms in total. The van der Waals surface area contributed by atoms with Gasteiger partial charge in [0.15, 0.2) is 5.69 Å². The minimum Gasteiger partial charge on any atom is -0.378 e. The Morgan fingerprint density at radius 3 is 2.23 bits per heavy atom. The average molecular weight is 789 g/mol.